The molecule has 0 aliphatic heterocycles. The number of sulfonamides is 1. The molecule has 0 heterocycles. The van der Waals surface area contributed by atoms with Gasteiger partial charge in [0.2, 0.25) is 10.0 Å². The van der Waals surface area contributed by atoms with Gasteiger partial charge >= 0.3 is 0 Å². The van der Waals surface area contributed by atoms with Crippen molar-refractivity contribution in [3.63, 3.8) is 0 Å². The number of nitrogens with one attached hydrogen (secondary N) is 1. The third kappa shape index (κ3) is 2.58. The summed E-state index contributed by atoms with van der Waals surface area (Å²) in [6.07, 6.45) is 4.78. The molecule has 2 aliphatic rings. The lowest BCUT2D eigenvalue weighted by Gasteiger charge is -2.31. The Labute approximate surface area is 110 Å². The maximum Gasteiger partial charge on any atom is 0.216 e. The van der Waals surface area contributed by atoms with Crippen LogP contribution in [-0.2, 0) is 10.0 Å². The molecule has 0 aromatic rings. The Hall–Kier alpha value is -0.130. The van der Waals surface area contributed by atoms with E-state index in [2.05, 4.69) is 4.72 Å². The third-order valence-electron chi connectivity index (χ3n) is 4.49. The second-order valence-corrected chi connectivity index (χ2v) is 9.24. The molecular weight excluding hydrogens is 250 g/mol. The maximum atomic E-state index is 12.2. The number of hydrogen-bond acceptors (Lipinski definition) is 3. The highest BCUT2D eigenvalue weighted by atomic mass is 32.2. The summed E-state index contributed by atoms with van der Waals surface area (Å²) in [6, 6.07) is -0.278. The van der Waals surface area contributed by atoms with E-state index in [1.165, 1.54) is 6.42 Å². The number of hydrogen-bond donors (Lipinski definition) is 2. The predicted molar refractivity (Wildman–Crippen MR) is 71.7 cm³/mol. The van der Waals surface area contributed by atoms with Gasteiger partial charge in [0.1, 0.15) is 0 Å². The number of rotatable bonds is 2. The molecule has 106 valence electrons. The summed E-state index contributed by atoms with van der Waals surface area (Å²) in [5.74, 6) is 0.826. The van der Waals surface area contributed by atoms with E-state index in [9.17, 15) is 13.5 Å². The smallest absolute Gasteiger partial charge is 0.216 e. The van der Waals surface area contributed by atoms with E-state index < -0.39 is 20.9 Å². The first-order valence-electron chi connectivity index (χ1n) is 6.92. The molecule has 0 aromatic carbocycles. The molecule has 18 heavy (non-hydrogen) atoms. The Morgan fingerprint density at radius 3 is 2.39 bits per heavy atom. The molecule has 0 aromatic heterocycles. The van der Waals surface area contributed by atoms with E-state index in [-0.39, 0.29) is 6.04 Å². The average Bonchev–Trinajstić information content (AvgIpc) is 2.54. The van der Waals surface area contributed by atoms with Crippen molar-refractivity contribution in [2.45, 2.75) is 69.8 Å². The molecule has 4 nitrogen and oxygen atoms in total. The predicted octanol–water partition coefficient (Wildman–Crippen LogP) is 1.64. The van der Waals surface area contributed by atoms with Gasteiger partial charge in [0.25, 0.3) is 0 Å². The van der Waals surface area contributed by atoms with Gasteiger partial charge in [0, 0.05) is 0 Å². The summed E-state index contributed by atoms with van der Waals surface area (Å²) in [5, 5.41) is 10.1. The third-order valence-corrected chi connectivity index (χ3v) is 6.68. The van der Waals surface area contributed by atoms with Gasteiger partial charge in [0.05, 0.1) is 16.9 Å². The minimum absolute atomic E-state index is 0.278. The van der Waals surface area contributed by atoms with Crippen LogP contribution >= 0.6 is 0 Å². The Morgan fingerprint density at radius 2 is 1.78 bits per heavy atom. The first-order valence-corrected chi connectivity index (χ1v) is 8.40. The molecule has 2 N–H and O–H groups in total. The summed E-state index contributed by atoms with van der Waals surface area (Å²) in [4.78, 5) is 0. The summed E-state index contributed by atoms with van der Waals surface area (Å²) in [5.41, 5.74) is 0. The van der Waals surface area contributed by atoms with E-state index in [0.717, 1.165) is 25.7 Å². The Balaban J connectivity index is 2.13. The van der Waals surface area contributed by atoms with Crippen molar-refractivity contribution in [1.82, 2.24) is 4.72 Å². The number of aliphatic hydroxyl groups excluding tert-OH is 1. The fourth-order valence-electron chi connectivity index (χ4n) is 3.27. The van der Waals surface area contributed by atoms with Gasteiger partial charge in [-0.25, -0.2) is 13.1 Å². The van der Waals surface area contributed by atoms with E-state index in [1.807, 2.05) is 0 Å². The Morgan fingerprint density at radius 1 is 1.17 bits per heavy atom. The zero-order valence-corrected chi connectivity index (χ0v) is 12.3. The molecular formula is C13H25NO3S. The van der Waals surface area contributed by atoms with Crippen LogP contribution in [0.4, 0.5) is 0 Å². The second kappa shape index (κ2) is 4.76. The van der Waals surface area contributed by atoms with Gasteiger partial charge in [-0.05, 0) is 45.4 Å². The van der Waals surface area contributed by atoms with Crippen molar-refractivity contribution in [3.8, 4) is 0 Å². The van der Waals surface area contributed by atoms with Gasteiger partial charge in [-0.1, -0.05) is 19.3 Å². The van der Waals surface area contributed by atoms with Crippen molar-refractivity contribution < 1.29 is 13.5 Å². The molecule has 0 unspecified atom stereocenters. The van der Waals surface area contributed by atoms with E-state index >= 15 is 0 Å². The quantitative estimate of drug-likeness (QED) is 0.805. The summed E-state index contributed by atoms with van der Waals surface area (Å²) >= 11 is 0. The van der Waals surface area contributed by atoms with Crippen LogP contribution in [0.3, 0.4) is 0 Å². The highest BCUT2D eigenvalue weighted by Gasteiger charge is 2.46. The fourth-order valence-corrected chi connectivity index (χ4v) is 4.31. The van der Waals surface area contributed by atoms with Crippen LogP contribution < -0.4 is 4.72 Å². The monoisotopic (exact) mass is 275 g/mol. The molecule has 2 fully saturated rings. The molecule has 0 radical (unpaired) electrons. The fraction of sp³-hybridized carbons (Fsp3) is 1.00. The summed E-state index contributed by atoms with van der Waals surface area (Å²) in [6.45, 7) is 5.07. The van der Waals surface area contributed by atoms with Crippen molar-refractivity contribution in [2.24, 2.45) is 11.8 Å². The lowest BCUT2D eigenvalue weighted by molar-refractivity contribution is 0.147. The van der Waals surface area contributed by atoms with Gasteiger partial charge in [-0.3, -0.25) is 0 Å². The topological polar surface area (TPSA) is 66.4 Å². The van der Waals surface area contributed by atoms with Crippen molar-refractivity contribution >= 4 is 10.0 Å². The van der Waals surface area contributed by atoms with Crippen LogP contribution in [0.15, 0.2) is 0 Å². The van der Waals surface area contributed by atoms with Crippen LogP contribution in [0.25, 0.3) is 0 Å². The molecule has 5 heteroatoms. The van der Waals surface area contributed by atoms with Gasteiger partial charge in [-0.15, -0.1) is 0 Å². The highest BCUT2D eigenvalue weighted by molar-refractivity contribution is 7.90. The molecule has 4 atom stereocenters. The lowest BCUT2D eigenvalue weighted by Crippen LogP contribution is -2.50. The molecule has 2 aliphatic carbocycles. The number of fused-ring (bicyclic) bond motifs is 1. The molecule has 0 amide bonds. The maximum absolute atomic E-state index is 12.2. The van der Waals surface area contributed by atoms with Crippen molar-refractivity contribution in [3.05, 3.63) is 0 Å². The van der Waals surface area contributed by atoms with Crippen molar-refractivity contribution in [1.29, 1.82) is 0 Å². The standard InChI is InChI=1S/C13H25NO3S/c1-13(2,3)18(16,17)14-12-10-7-5-4-6-9(10)8-11(12)15/h9-12,14-15H,4-8H2,1-3H3/t9-,10-,11+,12+/m1/s1. The molecule has 2 rings (SSSR count). The molecule has 2 saturated carbocycles. The van der Waals surface area contributed by atoms with Crippen LogP contribution in [0.1, 0.15) is 52.9 Å². The van der Waals surface area contributed by atoms with Crippen LogP contribution in [0.2, 0.25) is 0 Å². The molecule has 0 saturated heterocycles. The Kier molecular flexibility index (Phi) is 3.78. The largest absolute Gasteiger partial charge is 0.391 e. The first-order chi connectivity index (χ1) is 8.22. The minimum atomic E-state index is -3.37. The zero-order valence-electron chi connectivity index (χ0n) is 11.5. The average molecular weight is 275 g/mol. The van der Waals surface area contributed by atoms with Crippen LogP contribution in [-0.4, -0.2) is 30.4 Å². The molecule has 0 spiro atoms. The van der Waals surface area contributed by atoms with E-state index in [4.69, 9.17) is 0 Å². The summed E-state index contributed by atoms with van der Waals surface area (Å²) < 4.78 is 26.4. The minimum Gasteiger partial charge on any atom is -0.391 e. The SMILES string of the molecule is CC(C)(C)S(=O)(=O)N[C@H]1[C@@H]2CCCC[C@@H]2C[C@@H]1O. The molecule has 0 bridgehead atoms. The zero-order chi connectivity index (χ0) is 13.6. The van der Waals surface area contributed by atoms with Crippen LogP contribution in [0, 0.1) is 11.8 Å². The second-order valence-electron chi connectivity index (χ2n) is 6.77. The highest BCUT2D eigenvalue weighted by Crippen LogP contribution is 2.42. The van der Waals surface area contributed by atoms with E-state index in [1.54, 1.807) is 20.8 Å². The Bertz CT molecular complexity index is 399. The normalized spacial score (nSPS) is 37.6. The first kappa shape index (κ1) is 14.3. The lowest BCUT2D eigenvalue weighted by atomic mass is 9.80. The van der Waals surface area contributed by atoms with Gasteiger partial charge < -0.3 is 5.11 Å². The number of aliphatic hydroxyl groups is 1. The van der Waals surface area contributed by atoms with Gasteiger partial charge in [-0.2, -0.15) is 0 Å². The van der Waals surface area contributed by atoms with Gasteiger partial charge in [0.15, 0.2) is 0 Å². The summed E-state index contributed by atoms with van der Waals surface area (Å²) in [7, 11) is -3.37. The van der Waals surface area contributed by atoms with Crippen molar-refractivity contribution in [2.75, 3.05) is 0 Å². The van der Waals surface area contributed by atoms with Crippen LogP contribution in [0.5, 0.6) is 0 Å². The van der Waals surface area contributed by atoms with E-state index in [0.29, 0.717) is 11.8 Å².